The summed E-state index contributed by atoms with van der Waals surface area (Å²) in [6, 6.07) is 7.56. The molecule has 0 fully saturated rings. The monoisotopic (exact) mass is 300 g/mol. The van der Waals surface area contributed by atoms with E-state index in [9.17, 15) is 0 Å². The summed E-state index contributed by atoms with van der Waals surface area (Å²) < 4.78 is 10.5. The van der Waals surface area contributed by atoms with Crippen molar-refractivity contribution in [2.45, 2.75) is 20.8 Å². The molecule has 2 aromatic rings. The molecule has 116 valence electrons. The van der Waals surface area contributed by atoms with E-state index in [0.717, 1.165) is 22.7 Å². The molecule has 0 saturated heterocycles. The number of anilines is 1. The molecule has 0 atom stereocenters. The van der Waals surface area contributed by atoms with E-state index < -0.39 is 0 Å². The Morgan fingerprint density at radius 3 is 2.23 bits per heavy atom. The first kappa shape index (κ1) is 15.8. The van der Waals surface area contributed by atoms with Crippen molar-refractivity contribution < 1.29 is 9.47 Å². The average Bonchev–Trinajstić information content (AvgIpc) is 2.51. The Labute approximate surface area is 130 Å². The SMILES string of the molecule is COc1ccc(/C(C)=N\Nc2nc(C)cc(C)n2)cc1OC. The number of rotatable bonds is 5. The Morgan fingerprint density at radius 2 is 1.64 bits per heavy atom. The van der Waals surface area contributed by atoms with Crippen molar-refractivity contribution in [2.75, 3.05) is 19.6 Å². The lowest BCUT2D eigenvalue weighted by molar-refractivity contribution is 0.355. The summed E-state index contributed by atoms with van der Waals surface area (Å²) in [5.74, 6) is 1.83. The largest absolute Gasteiger partial charge is 0.493 e. The molecule has 1 aromatic heterocycles. The molecule has 0 aliphatic heterocycles. The van der Waals surface area contributed by atoms with Crippen LogP contribution in [-0.2, 0) is 0 Å². The fraction of sp³-hybridized carbons (Fsp3) is 0.312. The fourth-order valence-corrected chi connectivity index (χ4v) is 2.04. The molecule has 6 nitrogen and oxygen atoms in total. The molecule has 1 heterocycles. The Bertz CT molecular complexity index is 678. The predicted molar refractivity (Wildman–Crippen MR) is 86.9 cm³/mol. The number of nitrogens with one attached hydrogen (secondary N) is 1. The molecule has 6 heteroatoms. The minimum absolute atomic E-state index is 0.484. The van der Waals surface area contributed by atoms with Crippen molar-refractivity contribution in [3.63, 3.8) is 0 Å². The van der Waals surface area contributed by atoms with Crippen LogP contribution in [-0.4, -0.2) is 29.9 Å². The average molecular weight is 300 g/mol. The minimum Gasteiger partial charge on any atom is -0.493 e. The molecule has 22 heavy (non-hydrogen) atoms. The summed E-state index contributed by atoms with van der Waals surface area (Å²) in [7, 11) is 3.22. The number of hydrogen-bond acceptors (Lipinski definition) is 6. The maximum Gasteiger partial charge on any atom is 0.243 e. The van der Waals surface area contributed by atoms with E-state index in [4.69, 9.17) is 9.47 Å². The first-order valence-corrected chi connectivity index (χ1v) is 6.88. The molecule has 0 saturated carbocycles. The van der Waals surface area contributed by atoms with Crippen LogP contribution < -0.4 is 14.9 Å². The Kier molecular flexibility index (Phi) is 4.93. The van der Waals surface area contributed by atoms with Gasteiger partial charge >= 0.3 is 0 Å². The van der Waals surface area contributed by atoms with Gasteiger partial charge in [-0.1, -0.05) is 0 Å². The van der Waals surface area contributed by atoms with Crippen LogP contribution in [0.1, 0.15) is 23.9 Å². The van der Waals surface area contributed by atoms with E-state index in [1.165, 1.54) is 0 Å². The summed E-state index contributed by atoms with van der Waals surface area (Å²) in [5.41, 5.74) is 6.40. The number of benzene rings is 1. The van der Waals surface area contributed by atoms with Crippen LogP contribution in [0.4, 0.5) is 5.95 Å². The standard InChI is InChI=1S/C16H20N4O2/c1-10-8-11(2)18-16(17-10)20-19-12(3)13-6-7-14(21-4)15(9-13)22-5/h6-9H,1-5H3,(H,17,18,20)/b19-12-. The van der Waals surface area contributed by atoms with E-state index in [1.54, 1.807) is 14.2 Å². The zero-order valence-electron chi connectivity index (χ0n) is 13.5. The number of aryl methyl sites for hydroxylation is 2. The van der Waals surface area contributed by atoms with E-state index in [1.807, 2.05) is 45.0 Å². The lowest BCUT2D eigenvalue weighted by atomic mass is 10.1. The second-order valence-corrected chi connectivity index (χ2v) is 4.85. The molecular weight excluding hydrogens is 280 g/mol. The molecule has 0 amide bonds. The van der Waals surface area contributed by atoms with Crippen LogP contribution in [0.3, 0.4) is 0 Å². The van der Waals surface area contributed by atoms with Gasteiger partial charge in [-0.15, -0.1) is 0 Å². The molecule has 0 aliphatic rings. The topological polar surface area (TPSA) is 68.6 Å². The van der Waals surface area contributed by atoms with Crippen molar-refractivity contribution in [1.82, 2.24) is 9.97 Å². The van der Waals surface area contributed by atoms with Crippen LogP contribution >= 0.6 is 0 Å². The lowest BCUT2D eigenvalue weighted by Crippen LogP contribution is -2.04. The predicted octanol–water partition coefficient (Wildman–Crippen LogP) is 2.95. The molecule has 0 spiro atoms. The Hall–Kier alpha value is -2.63. The lowest BCUT2D eigenvalue weighted by Gasteiger charge is -2.09. The maximum absolute atomic E-state index is 5.30. The van der Waals surface area contributed by atoms with Gasteiger partial charge in [-0.25, -0.2) is 15.4 Å². The van der Waals surface area contributed by atoms with Gasteiger partial charge in [0.25, 0.3) is 0 Å². The smallest absolute Gasteiger partial charge is 0.243 e. The zero-order chi connectivity index (χ0) is 16.1. The van der Waals surface area contributed by atoms with Gasteiger partial charge in [-0.2, -0.15) is 5.10 Å². The van der Waals surface area contributed by atoms with E-state index in [0.29, 0.717) is 17.4 Å². The summed E-state index contributed by atoms with van der Waals surface area (Å²) in [6.07, 6.45) is 0. The molecule has 0 unspecified atom stereocenters. The van der Waals surface area contributed by atoms with Crippen molar-refractivity contribution in [2.24, 2.45) is 5.10 Å². The number of ether oxygens (including phenoxy) is 2. The van der Waals surface area contributed by atoms with Gasteiger partial charge in [0.15, 0.2) is 11.5 Å². The zero-order valence-corrected chi connectivity index (χ0v) is 13.5. The van der Waals surface area contributed by atoms with E-state index in [-0.39, 0.29) is 0 Å². The van der Waals surface area contributed by atoms with E-state index in [2.05, 4.69) is 20.5 Å². The number of methoxy groups -OCH3 is 2. The molecular formula is C16H20N4O2. The highest BCUT2D eigenvalue weighted by Crippen LogP contribution is 2.27. The van der Waals surface area contributed by atoms with Gasteiger partial charge in [0.05, 0.1) is 19.9 Å². The highest BCUT2D eigenvalue weighted by molar-refractivity contribution is 5.99. The third-order valence-corrected chi connectivity index (χ3v) is 3.11. The Balaban J connectivity index is 2.21. The molecule has 0 aliphatic carbocycles. The van der Waals surface area contributed by atoms with Crippen molar-refractivity contribution in [1.29, 1.82) is 0 Å². The van der Waals surface area contributed by atoms with E-state index >= 15 is 0 Å². The highest BCUT2D eigenvalue weighted by atomic mass is 16.5. The highest BCUT2D eigenvalue weighted by Gasteiger charge is 2.06. The van der Waals surface area contributed by atoms with Gasteiger partial charge in [0.1, 0.15) is 0 Å². The van der Waals surface area contributed by atoms with Crippen LogP contribution in [0, 0.1) is 13.8 Å². The van der Waals surface area contributed by atoms with Gasteiger partial charge in [0.2, 0.25) is 5.95 Å². The summed E-state index contributed by atoms with van der Waals surface area (Å²) in [5, 5.41) is 4.32. The number of hydrogen-bond donors (Lipinski definition) is 1. The van der Waals surface area contributed by atoms with Crippen LogP contribution in [0.2, 0.25) is 0 Å². The maximum atomic E-state index is 5.30. The Morgan fingerprint density at radius 1 is 1.00 bits per heavy atom. The van der Waals surface area contributed by atoms with Gasteiger partial charge < -0.3 is 9.47 Å². The fourth-order valence-electron chi connectivity index (χ4n) is 2.04. The van der Waals surface area contributed by atoms with Crippen LogP contribution in [0.25, 0.3) is 0 Å². The van der Waals surface area contributed by atoms with Crippen molar-refractivity contribution in [3.05, 3.63) is 41.2 Å². The third kappa shape index (κ3) is 3.72. The third-order valence-electron chi connectivity index (χ3n) is 3.11. The minimum atomic E-state index is 0.484. The molecule has 0 bridgehead atoms. The van der Waals surface area contributed by atoms with Gasteiger partial charge in [-0.05, 0) is 45.0 Å². The second kappa shape index (κ2) is 6.89. The van der Waals surface area contributed by atoms with Crippen LogP contribution in [0.5, 0.6) is 11.5 Å². The van der Waals surface area contributed by atoms with Gasteiger partial charge in [-0.3, -0.25) is 0 Å². The molecule has 2 rings (SSSR count). The normalized spacial score (nSPS) is 11.2. The molecule has 1 N–H and O–H groups in total. The van der Waals surface area contributed by atoms with Crippen LogP contribution in [0.15, 0.2) is 29.4 Å². The van der Waals surface area contributed by atoms with Crippen molar-refractivity contribution in [3.8, 4) is 11.5 Å². The quantitative estimate of drug-likeness (QED) is 0.679. The van der Waals surface area contributed by atoms with Gasteiger partial charge in [0, 0.05) is 17.0 Å². The summed E-state index contributed by atoms with van der Waals surface area (Å²) in [6.45, 7) is 5.74. The summed E-state index contributed by atoms with van der Waals surface area (Å²) >= 11 is 0. The second-order valence-electron chi connectivity index (χ2n) is 4.85. The molecule has 1 aromatic carbocycles. The summed E-state index contributed by atoms with van der Waals surface area (Å²) in [4.78, 5) is 8.57. The van der Waals surface area contributed by atoms with Crippen molar-refractivity contribution >= 4 is 11.7 Å². The first-order chi connectivity index (χ1) is 10.5. The molecule has 0 radical (unpaired) electrons. The number of aromatic nitrogens is 2. The number of nitrogens with zero attached hydrogens (tertiary/aromatic N) is 3. The first-order valence-electron chi connectivity index (χ1n) is 6.88. The number of hydrazone groups is 1.